The van der Waals surface area contributed by atoms with Crippen LogP contribution >= 0.6 is 11.8 Å². The predicted octanol–water partition coefficient (Wildman–Crippen LogP) is 3.97. The molecule has 2 aromatic rings. The topological polar surface area (TPSA) is 59.8 Å². The minimum absolute atomic E-state index is 0.0788. The number of hydrogen-bond donors (Lipinski definition) is 1. The Balaban J connectivity index is 1.90. The van der Waals surface area contributed by atoms with Gasteiger partial charge in [-0.25, -0.2) is 4.39 Å². The van der Waals surface area contributed by atoms with E-state index in [0.29, 0.717) is 0 Å². The highest BCUT2D eigenvalue weighted by Gasteiger charge is 2.20. The number of aromatic nitrogens is 3. The molecule has 0 saturated carbocycles. The van der Waals surface area contributed by atoms with Crippen LogP contribution in [0.3, 0.4) is 0 Å². The monoisotopic (exact) mass is 364 g/mol. The molecule has 25 heavy (non-hydrogen) atoms. The molecule has 0 radical (unpaired) electrons. The first-order valence-electron chi connectivity index (χ1n) is 8.61. The lowest BCUT2D eigenvalue weighted by Crippen LogP contribution is -2.33. The second kappa shape index (κ2) is 9.56. The number of amides is 1. The number of rotatable bonds is 9. The highest BCUT2D eigenvalue weighted by molar-refractivity contribution is 8.00. The molecule has 0 saturated heterocycles. The number of benzene rings is 1. The van der Waals surface area contributed by atoms with E-state index < -0.39 is 0 Å². The molecule has 136 valence electrons. The van der Waals surface area contributed by atoms with E-state index in [1.165, 1.54) is 23.9 Å². The molecule has 0 aliphatic carbocycles. The molecule has 1 heterocycles. The summed E-state index contributed by atoms with van der Waals surface area (Å²) in [6.45, 7) is 6.76. The first-order chi connectivity index (χ1) is 12.0. The van der Waals surface area contributed by atoms with Gasteiger partial charge in [-0.05, 0) is 38.0 Å². The molecular formula is C18H25FN4OS. The van der Waals surface area contributed by atoms with Gasteiger partial charge in [0.05, 0.1) is 11.3 Å². The number of nitrogens with one attached hydrogen (secondary N) is 1. The van der Waals surface area contributed by atoms with E-state index in [9.17, 15) is 9.18 Å². The van der Waals surface area contributed by atoms with Crippen molar-refractivity contribution in [2.24, 2.45) is 0 Å². The molecule has 0 aliphatic rings. The number of thioether (sulfide) groups is 1. The van der Waals surface area contributed by atoms with Crippen LogP contribution in [-0.2, 0) is 11.3 Å². The summed E-state index contributed by atoms with van der Waals surface area (Å²) in [5, 5.41) is 11.5. The number of hydrogen-bond acceptors (Lipinski definition) is 4. The maximum atomic E-state index is 13.0. The van der Waals surface area contributed by atoms with E-state index in [1.807, 2.05) is 18.4 Å². The Morgan fingerprint density at radius 3 is 2.68 bits per heavy atom. The van der Waals surface area contributed by atoms with E-state index in [1.54, 1.807) is 18.5 Å². The summed E-state index contributed by atoms with van der Waals surface area (Å²) in [4.78, 5) is 12.4. The Bertz CT molecular complexity index is 674. The van der Waals surface area contributed by atoms with Gasteiger partial charge in [0, 0.05) is 6.54 Å². The van der Waals surface area contributed by atoms with Crippen molar-refractivity contribution in [1.29, 1.82) is 0 Å². The molecule has 0 unspecified atom stereocenters. The number of nitrogens with zero attached hydrogens (tertiary/aromatic N) is 3. The summed E-state index contributed by atoms with van der Waals surface area (Å²) in [5.74, 6) is -0.362. The number of aryl methyl sites for hydroxylation is 1. The minimum Gasteiger partial charge on any atom is -0.349 e. The zero-order valence-electron chi connectivity index (χ0n) is 14.9. The average Bonchev–Trinajstić information content (AvgIpc) is 3.02. The van der Waals surface area contributed by atoms with Crippen molar-refractivity contribution in [1.82, 2.24) is 20.1 Å². The Morgan fingerprint density at radius 2 is 2.00 bits per heavy atom. The van der Waals surface area contributed by atoms with Gasteiger partial charge in [-0.2, -0.15) is 0 Å². The van der Waals surface area contributed by atoms with Crippen LogP contribution in [0.15, 0.2) is 35.7 Å². The fourth-order valence-corrected chi connectivity index (χ4v) is 3.26. The van der Waals surface area contributed by atoms with Crippen molar-refractivity contribution in [3.05, 3.63) is 42.0 Å². The molecule has 0 spiro atoms. The van der Waals surface area contributed by atoms with Crippen LogP contribution in [0.4, 0.5) is 4.39 Å². The van der Waals surface area contributed by atoms with Crippen LogP contribution in [-0.4, -0.2) is 25.9 Å². The molecule has 5 nitrogen and oxygen atoms in total. The third-order valence-corrected chi connectivity index (χ3v) is 5.06. The summed E-state index contributed by atoms with van der Waals surface area (Å²) in [6, 6.07) is 5.98. The Morgan fingerprint density at radius 1 is 1.28 bits per heavy atom. The summed E-state index contributed by atoms with van der Waals surface area (Å²) in [6.07, 6.45) is 5.10. The smallest absolute Gasteiger partial charge is 0.233 e. The van der Waals surface area contributed by atoms with Crippen molar-refractivity contribution >= 4 is 17.7 Å². The molecule has 0 fully saturated rings. The van der Waals surface area contributed by atoms with Crippen molar-refractivity contribution in [3.8, 4) is 0 Å². The minimum atomic E-state index is -0.294. The van der Waals surface area contributed by atoms with Crippen LogP contribution in [0.1, 0.15) is 51.6 Å². The first kappa shape index (κ1) is 19.4. The van der Waals surface area contributed by atoms with Crippen LogP contribution < -0.4 is 5.32 Å². The van der Waals surface area contributed by atoms with Gasteiger partial charge in [0.1, 0.15) is 12.1 Å². The molecule has 2 rings (SSSR count). The summed E-state index contributed by atoms with van der Waals surface area (Å²) in [7, 11) is 0. The molecule has 1 N–H and O–H groups in total. The summed E-state index contributed by atoms with van der Waals surface area (Å²) >= 11 is 1.40. The molecule has 1 aromatic carbocycles. The first-order valence-corrected chi connectivity index (χ1v) is 9.49. The van der Waals surface area contributed by atoms with E-state index in [0.717, 1.165) is 36.5 Å². The van der Waals surface area contributed by atoms with Gasteiger partial charge in [0.15, 0.2) is 5.16 Å². The fraction of sp³-hybridized carbons (Fsp3) is 0.500. The van der Waals surface area contributed by atoms with Gasteiger partial charge >= 0.3 is 0 Å². The molecule has 0 bridgehead atoms. The highest BCUT2D eigenvalue weighted by atomic mass is 32.2. The number of carbonyl (C=O) groups excluding carboxylic acids is 1. The van der Waals surface area contributed by atoms with Crippen LogP contribution in [0.5, 0.6) is 0 Å². The lowest BCUT2D eigenvalue weighted by molar-refractivity contribution is -0.120. The third kappa shape index (κ3) is 5.85. The fourth-order valence-electron chi connectivity index (χ4n) is 2.40. The van der Waals surface area contributed by atoms with E-state index in [4.69, 9.17) is 0 Å². The van der Waals surface area contributed by atoms with Crippen molar-refractivity contribution in [2.45, 2.75) is 63.0 Å². The average molecular weight is 364 g/mol. The molecule has 0 aliphatic heterocycles. The zero-order chi connectivity index (χ0) is 18.2. The highest BCUT2D eigenvalue weighted by Crippen LogP contribution is 2.22. The van der Waals surface area contributed by atoms with Crippen LogP contribution in [0.2, 0.25) is 0 Å². The molecular weight excluding hydrogens is 339 g/mol. The van der Waals surface area contributed by atoms with Crippen LogP contribution in [0.25, 0.3) is 0 Å². The summed E-state index contributed by atoms with van der Waals surface area (Å²) < 4.78 is 15.0. The molecule has 2 atom stereocenters. The Hall–Kier alpha value is -1.89. The van der Waals surface area contributed by atoms with E-state index in [2.05, 4.69) is 22.4 Å². The van der Waals surface area contributed by atoms with Gasteiger partial charge in [0.25, 0.3) is 0 Å². The molecule has 1 amide bonds. The van der Waals surface area contributed by atoms with Gasteiger partial charge in [-0.1, -0.05) is 43.7 Å². The Labute approximate surface area is 152 Å². The SMILES string of the molecule is CCCCCn1cnnc1S[C@H](C)C(=O)N[C@H](C)c1ccc(F)cc1. The zero-order valence-corrected chi connectivity index (χ0v) is 15.7. The quantitative estimate of drug-likeness (QED) is 0.540. The second-order valence-corrected chi connectivity index (χ2v) is 7.36. The second-order valence-electron chi connectivity index (χ2n) is 6.06. The van der Waals surface area contributed by atoms with Gasteiger partial charge < -0.3 is 9.88 Å². The van der Waals surface area contributed by atoms with Crippen molar-refractivity contribution < 1.29 is 9.18 Å². The largest absolute Gasteiger partial charge is 0.349 e. The van der Waals surface area contributed by atoms with Crippen molar-refractivity contribution in [3.63, 3.8) is 0 Å². The predicted molar refractivity (Wildman–Crippen MR) is 97.8 cm³/mol. The lowest BCUT2D eigenvalue weighted by Gasteiger charge is -2.17. The van der Waals surface area contributed by atoms with Gasteiger partial charge in [-0.3, -0.25) is 4.79 Å². The standard InChI is InChI=1S/C18H25FN4OS/c1-4-5-6-11-23-12-20-22-18(23)25-14(3)17(24)21-13(2)15-7-9-16(19)10-8-15/h7-10,12-14H,4-6,11H2,1-3H3,(H,21,24)/t13-,14-/m1/s1. The molecule has 1 aromatic heterocycles. The molecule has 7 heteroatoms. The van der Waals surface area contributed by atoms with E-state index in [-0.39, 0.29) is 23.0 Å². The van der Waals surface area contributed by atoms with Crippen molar-refractivity contribution in [2.75, 3.05) is 0 Å². The number of carbonyl (C=O) groups is 1. The Kier molecular flexibility index (Phi) is 7.43. The van der Waals surface area contributed by atoms with Gasteiger partial charge in [-0.15, -0.1) is 10.2 Å². The van der Waals surface area contributed by atoms with E-state index >= 15 is 0 Å². The van der Waals surface area contributed by atoms with Gasteiger partial charge in [0.2, 0.25) is 5.91 Å². The third-order valence-electron chi connectivity index (χ3n) is 3.96. The maximum absolute atomic E-state index is 13.0. The number of unbranched alkanes of at least 4 members (excludes halogenated alkanes) is 2. The summed E-state index contributed by atoms with van der Waals surface area (Å²) in [5.41, 5.74) is 0.870. The normalized spacial score (nSPS) is 13.4. The number of halogens is 1. The lowest BCUT2D eigenvalue weighted by atomic mass is 10.1. The maximum Gasteiger partial charge on any atom is 0.233 e. The van der Waals surface area contributed by atoms with Crippen LogP contribution in [0, 0.1) is 5.82 Å².